The van der Waals surface area contributed by atoms with Crippen molar-refractivity contribution in [1.82, 2.24) is 0 Å². The van der Waals surface area contributed by atoms with Gasteiger partial charge in [0.2, 0.25) is 0 Å². The minimum Gasteiger partial charge on any atom is -0.366 e. The standard InChI is InChI=1S/C8H14O3/c1-6(9)7-4-3-5-8(2,10)11-7/h7,10H,3-5H2,1-2H3. The Morgan fingerprint density at radius 3 is 2.73 bits per heavy atom. The quantitative estimate of drug-likeness (QED) is 0.615. The lowest BCUT2D eigenvalue weighted by molar-refractivity contribution is -0.237. The molecule has 0 radical (unpaired) electrons. The van der Waals surface area contributed by atoms with Gasteiger partial charge in [-0.25, -0.2) is 0 Å². The lowest BCUT2D eigenvalue weighted by atomic mass is 10.0. The van der Waals surface area contributed by atoms with Crippen LogP contribution in [0.4, 0.5) is 0 Å². The normalized spacial score (nSPS) is 38.6. The number of aliphatic hydroxyl groups is 1. The van der Waals surface area contributed by atoms with Gasteiger partial charge in [-0.2, -0.15) is 0 Å². The van der Waals surface area contributed by atoms with Crippen LogP contribution in [0.25, 0.3) is 0 Å². The summed E-state index contributed by atoms with van der Waals surface area (Å²) in [5.41, 5.74) is 0. The van der Waals surface area contributed by atoms with E-state index < -0.39 is 11.9 Å². The summed E-state index contributed by atoms with van der Waals surface area (Å²) in [6, 6.07) is 0. The molecule has 1 fully saturated rings. The molecule has 0 aliphatic carbocycles. The number of hydrogen-bond donors (Lipinski definition) is 1. The summed E-state index contributed by atoms with van der Waals surface area (Å²) < 4.78 is 5.14. The molecule has 2 atom stereocenters. The number of Topliss-reactive ketones (excluding diaryl/α,β-unsaturated/α-hetero) is 1. The van der Waals surface area contributed by atoms with Gasteiger partial charge in [0.05, 0.1) is 0 Å². The topological polar surface area (TPSA) is 46.5 Å². The summed E-state index contributed by atoms with van der Waals surface area (Å²) in [4.78, 5) is 10.9. The van der Waals surface area contributed by atoms with Gasteiger partial charge < -0.3 is 9.84 Å². The van der Waals surface area contributed by atoms with Crippen molar-refractivity contribution in [1.29, 1.82) is 0 Å². The van der Waals surface area contributed by atoms with Gasteiger partial charge >= 0.3 is 0 Å². The Morgan fingerprint density at radius 1 is 1.73 bits per heavy atom. The van der Waals surface area contributed by atoms with Crippen molar-refractivity contribution in [2.75, 3.05) is 0 Å². The minimum atomic E-state index is -1.09. The summed E-state index contributed by atoms with van der Waals surface area (Å²) in [7, 11) is 0. The fraction of sp³-hybridized carbons (Fsp3) is 0.875. The Labute approximate surface area is 66.4 Å². The molecule has 3 heteroatoms. The predicted octanol–water partition coefficient (Wildman–Crippen LogP) is 0.853. The molecule has 64 valence electrons. The lowest BCUT2D eigenvalue weighted by Crippen LogP contribution is -2.40. The molecule has 1 rings (SSSR count). The van der Waals surface area contributed by atoms with Crippen LogP contribution in [0.5, 0.6) is 0 Å². The highest BCUT2D eigenvalue weighted by Crippen LogP contribution is 2.26. The summed E-state index contributed by atoms with van der Waals surface area (Å²) >= 11 is 0. The van der Waals surface area contributed by atoms with Crippen LogP contribution < -0.4 is 0 Å². The Kier molecular flexibility index (Phi) is 2.30. The molecule has 0 aromatic heterocycles. The van der Waals surface area contributed by atoms with Crippen molar-refractivity contribution in [3.05, 3.63) is 0 Å². The van der Waals surface area contributed by atoms with E-state index in [2.05, 4.69) is 0 Å². The third kappa shape index (κ3) is 2.27. The molecule has 1 aliphatic heterocycles. The maximum atomic E-state index is 10.9. The summed E-state index contributed by atoms with van der Waals surface area (Å²) in [6.07, 6.45) is 1.83. The monoisotopic (exact) mass is 158 g/mol. The highest BCUT2D eigenvalue weighted by Gasteiger charge is 2.32. The number of carbonyl (C=O) groups excluding carboxylic acids is 1. The van der Waals surface area contributed by atoms with Gasteiger partial charge in [-0.15, -0.1) is 0 Å². The fourth-order valence-electron chi connectivity index (χ4n) is 1.33. The first-order chi connectivity index (χ1) is 5.01. The van der Waals surface area contributed by atoms with Crippen LogP contribution in [0.2, 0.25) is 0 Å². The van der Waals surface area contributed by atoms with E-state index in [1.54, 1.807) is 6.92 Å². The maximum Gasteiger partial charge on any atom is 0.163 e. The van der Waals surface area contributed by atoms with Crippen molar-refractivity contribution in [2.24, 2.45) is 0 Å². The molecule has 0 aromatic rings. The van der Waals surface area contributed by atoms with E-state index in [1.807, 2.05) is 0 Å². The van der Waals surface area contributed by atoms with E-state index >= 15 is 0 Å². The van der Waals surface area contributed by atoms with Crippen LogP contribution in [0.1, 0.15) is 33.1 Å². The molecule has 1 saturated heterocycles. The molecule has 11 heavy (non-hydrogen) atoms. The average molecular weight is 158 g/mol. The second kappa shape index (κ2) is 2.91. The first kappa shape index (κ1) is 8.68. The molecule has 3 nitrogen and oxygen atoms in total. The van der Waals surface area contributed by atoms with E-state index in [0.717, 1.165) is 12.8 Å². The highest BCUT2D eigenvalue weighted by molar-refractivity contribution is 5.80. The number of rotatable bonds is 1. The first-order valence-electron chi connectivity index (χ1n) is 3.92. The van der Waals surface area contributed by atoms with Gasteiger partial charge in [-0.3, -0.25) is 4.79 Å². The van der Waals surface area contributed by atoms with Gasteiger partial charge in [-0.1, -0.05) is 0 Å². The number of ketones is 1. The number of carbonyl (C=O) groups is 1. The molecule has 0 saturated carbocycles. The minimum absolute atomic E-state index is 0.00461. The van der Waals surface area contributed by atoms with Crippen molar-refractivity contribution in [3.63, 3.8) is 0 Å². The smallest absolute Gasteiger partial charge is 0.163 e. The lowest BCUT2D eigenvalue weighted by Gasteiger charge is -2.33. The zero-order chi connectivity index (χ0) is 8.48. The zero-order valence-corrected chi connectivity index (χ0v) is 6.96. The SMILES string of the molecule is CC(=O)C1CCCC(C)(O)O1. The molecular weight excluding hydrogens is 144 g/mol. The second-order valence-electron chi connectivity index (χ2n) is 3.28. The van der Waals surface area contributed by atoms with Crippen LogP contribution in [-0.2, 0) is 9.53 Å². The summed E-state index contributed by atoms with van der Waals surface area (Å²) in [5.74, 6) is -1.08. The second-order valence-corrected chi connectivity index (χ2v) is 3.28. The number of hydrogen-bond acceptors (Lipinski definition) is 3. The van der Waals surface area contributed by atoms with E-state index in [1.165, 1.54) is 6.92 Å². The molecule has 1 heterocycles. The molecule has 0 aromatic carbocycles. The van der Waals surface area contributed by atoms with Gasteiger partial charge in [0.1, 0.15) is 6.10 Å². The molecule has 1 aliphatic rings. The Hall–Kier alpha value is -0.410. The van der Waals surface area contributed by atoms with Crippen molar-refractivity contribution in [3.8, 4) is 0 Å². The van der Waals surface area contributed by atoms with Crippen LogP contribution >= 0.6 is 0 Å². The third-order valence-corrected chi connectivity index (χ3v) is 1.96. The largest absolute Gasteiger partial charge is 0.366 e. The molecule has 2 unspecified atom stereocenters. The molecule has 1 N–H and O–H groups in total. The molecule has 0 spiro atoms. The van der Waals surface area contributed by atoms with E-state index in [9.17, 15) is 9.90 Å². The highest BCUT2D eigenvalue weighted by atomic mass is 16.6. The third-order valence-electron chi connectivity index (χ3n) is 1.96. The molecule has 0 amide bonds. The number of ether oxygens (including phenoxy) is 1. The van der Waals surface area contributed by atoms with Crippen molar-refractivity contribution < 1.29 is 14.6 Å². The summed E-state index contributed by atoms with van der Waals surface area (Å²) in [5, 5.41) is 9.42. The van der Waals surface area contributed by atoms with Crippen LogP contribution in [0.15, 0.2) is 0 Å². The van der Waals surface area contributed by atoms with E-state index in [0.29, 0.717) is 6.42 Å². The van der Waals surface area contributed by atoms with Crippen molar-refractivity contribution >= 4 is 5.78 Å². The van der Waals surface area contributed by atoms with Crippen LogP contribution in [0.3, 0.4) is 0 Å². The van der Waals surface area contributed by atoms with Gasteiger partial charge in [0, 0.05) is 6.42 Å². The predicted molar refractivity (Wildman–Crippen MR) is 40.0 cm³/mol. The van der Waals surface area contributed by atoms with Crippen LogP contribution in [0, 0.1) is 0 Å². The summed E-state index contributed by atoms with van der Waals surface area (Å²) in [6.45, 7) is 3.09. The van der Waals surface area contributed by atoms with Gasteiger partial charge in [0.15, 0.2) is 11.6 Å². The first-order valence-corrected chi connectivity index (χ1v) is 3.92. The fourth-order valence-corrected chi connectivity index (χ4v) is 1.33. The molecule has 0 bridgehead atoms. The maximum absolute atomic E-state index is 10.9. The van der Waals surface area contributed by atoms with Gasteiger partial charge in [0.25, 0.3) is 0 Å². The van der Waals surface area contributed by atoms with E-state index in [-0.39, 0.29) is 5.78 Å². The zero-order valence-electron chi connectivity index (χ0n) is 6.96. The Balaban J connectivity index is 2.53. The Bertz CT molecular complexity index is 163. The molecular formula is C8H14O3. The van der Waals surface area contributed by atoms with Gasteiger partial charge in [-0.05, 0) is 26.7 Å². The Morgan fingerprint density at radius 2 is 2.36 bits per heavy atom. The average Bonchev–Trinajstić information content (AvgIpc) is 1.85. The van der Waals surface area contributed by atoms with Crippen LogP contribution in [-0.4, -0.2) is 22.8 Å². The van der Waals surface area contributed by atoms with E-state index in [4.69, 9.17) is 4.74 Å². The van der Waals surface area contributed by atoms with Crippen molar-refractivity contribution in [2.45, 2.75) is 45.0 Å².